The molecule has 0 aliphatic carbocycles. The average Bonchev–Trinajstić information content (AvgIpc) is 2.89. The molecule has 116 valence electrons. The van der Waals surface area contributed by atoms with Crippen LogP contribution in [0.2, 0.25) is 0 Å². The Labute approximate surface area is 122 Å². The third-order valence-corrected chi connectivity index (χ3v) is 4.33. The lowest BCUT2D eigenvalue weighted by Gasteiger charge is -2.44. The minimum absolute atomic E-state index is 0.0403. The van der Waals surface area contributed by atoms with Crippen molar-refractivity contribution in [3.63, 3.8) is 0 Å². The molecule has 1 rings (SSSR count). The number of hydrogen-bond acceptors (Lipinski definition) is 5. The number of nitrogens with one attached hydrogen (secondary N) is 1. The van der Waals surface area contributed by atoms with Crippen molar-refractivity contribution in [3.8, 4) is 0 Å². The van der Waals surface area contributed by atoms with E-state index in [4.69, 9.17) is 5.84 Å². The van der Waals surface area contributed by atoms with Crippen molar-refractivity contribution < 1.29 is 0 Å². The minimum Gasteiger partial charge on any atom is -0.296 e. The summed E-state index contributed by atoms with van der Waals surface area (Å²) >= 11 is 0. The van der Waals surface area contributed by atoms with Crippen LogP contribution in [0.4, 0.5) is 0 Å². The SMILES string of the molecule is CCCn1ncnc1C(NN)C(C)(CC)N(CC)CC. The maximum Gasteiger partial charge on any atom is 0.147 e. The van der Waals surface area contributed by atoms with Crippen LogP contribution in [0.1, 0.15) is 59.3 Å². The quantitative estimate of drug-likeness (QED) is 0.533. The van der Waals surface area contributed by atoms with Crippen LogP contribution in [0.15, 0.2) is 6.33 Å². The van der Waals surface area contributed by atoms with Gasteiger partial charge in [0.05, 0.1) is 6.04 Å². The standard InChI is InChI=1S/C14H30N6/c1-6-10-20-13(16-11-17-20)12(18-15)14(5,7-2)19(8-3)9-4/h11-12,18H,6-10,15H2,1-5H3. The molecule has 0 spiro atoms. The first kappa shape index (κ1) is 17.1. The Morgan fingerprint density at radius 3 is 2.45 bits per heavy atom. The summed E-state index contributed by atoms with van der Waals surface area (Å²) < 4.78 is 1.96. The lowest BCUT2D eigenvalue weighted by atomic mass is 9.86. The average molecular weight is 282 g/mol. The molecular formula is C14H30N6. The van der Waals surface area contributed by atoms with E-state index < -0.39 is 0 Å². The normalized spacial score (nSPS) is 16.4. The van der Waals surface area contributed by atoms with E-state index in [2.05, 4.69) is 55.0 Å². The zero-order valence-electron chi connectivity index (χ0n) is 13.6. The summed E-state index contributed by atoms with van der Waals surface area (Å²) in [6.45, 7) is 13.8. The highest BCUT2D eigenvalue weighted by Crippen LogP contribution is 2.32. The van der Waals surface area contributed by atoms with Crippen LogP contribution < -0.4 is 11.3 Å². The molecular weight excluding hydrogens is 252 g/mol. The van der Waals surface area contributed by atoms with E-state index in [-0.39, 0.29) is 11.6 Å². The monoisotopic (exact) mass is 282 g/mol. The Kier molecular flexibility index (Phi) is 6.58. The molecule has 0 bridgehead atoms. The fourth-order valence-corrected chi connectivity index (χ4v) is 2.97. The Morgan fingerprint density at radius 2 is 2.00 bits per heavy atom. The van der Waals surface area contributed by atoms with Gasteiger partial charge in [-0.15, -0.1) is 0 Å². The van der Waals surface area contributed by atoms with E-state index in [0.717, 1.165) is 38.3 Å². The van der Waals surface area contributed by atoms with Crippen molar-refractivity contribution >= 4 is 0 Å². The fraction of sp³-hybridized carbons (Fsp3) is 0.857. The summed E-state index contributed by atoms with van der Waals surface area (Å²) in [4.78, 5) is 6.89. The van der Waals surface area contributed by atoms with Crippen LogP contribution in [0.3, 0.4) is 0 Å². The molecule has 2 atom stereocenters. The van der Waals surface area contributed by atoms with E-state index in [0.29, 0.717) is 0 Å². The van der Waals surface area contributed by atoms with Gasteiger partial charge in [0.1, 0.15) is 12.2 Å². The van der Waals surface area contributed by atoms with Gasteiger partial charge in [-0.1, -0.05) is 27.7 Å². The van der Waals surface area contributed by atoms with Crippen LogP contribution in [0.25, 0.3) is 0 Å². The van der Waals surface area contributed by atoms with Crippen LogP contribution in [0.5, 0.6) is 0 Å². The van der Waals surface area contributed by atoms with Crippen LogP contribution >= 0.6 is 0 Å². The van der Waals surface area contributed by atoms with Gasteiger partial charge in [0.2, 0.25) is 0 Å². The van der Waals surface area contributed by atoms with Gasteiger partial charge in [-0.05, 0) is 32.9 Å². The van der Waals surface area contributed by atoms with Gasteiger partial charge < -0.3 is 0 Å². The molecule has 0 aliphatic heterocycles. The van der Waals surface area contributed by atoms with Crippen molar-refractivity contribution in [3.05, 3.63) is 12.2 Å². The Hall–Kier alpha value is -0.980. The highest BCUT2D eigenvalue weighted by Gasteiger charge is 2.39. The Bertz CT molecular complexity index is 387. The molecule has 2 unspecified atom stereocenters. The van der Waals surface area contributed by atoms with Crippen molar-refractivity contribution in [2.75, 3.05) is 13.1 Å². The third-order valence-electron chi connectivity index (χ3n) is 4.33. The first-order valence-corrected chi connectivity index (χ1v) is 7.67. The number of nitrogens with two attached hydrogens (primary N) is 1. The van der Waals surface area contributed by atoms with Crippen molar-refractivity contribution in [2.45, 2.75) is 65.6 Å². The highest BCUT2D eigenvalue weighted by atomic mass is 15.4. The van der Waals surface area contributed by atoms with E-state index in [1.54, 1.807) is 6.33 Å². The van der Waals surface area contributed by atoms with E-state index in [1.165, 1.54) is 0 Å². The lowest BCUT2D eigenvalue weighted by Crippen LogP contribution is -2.56. The molecule has 6 nitrogen and oxygen atoms in total. The molecule has 1 aromatic heterocycles. The van der Waals surface area contributed by atoms with Crippen molar-refractivity contribution in [1.29, 1.82) is 0 Å². The molecule has 6 heteroatoms. The molecule has 0 aliphatic rings. The number of aromatic nitrogens is 3. The molecule has 0 saturated heterocycles. The number of hydrazine groups is 1. The summed E-state index contributed by atoms with van der Waals surface area (Å²) in [6, 6.07) is -0.0403. The van der Waals surface area contributed by atoms with Crippen molar-refractivity contribution in [2.24, 2.45) is 5.84 Å². The summed E-state index contributed by atoms with van der Waals surface area (Å²) in [7, 11) is 0. The second kappa shape index (κ2) is 7.71. The first-order valence-electron chi connectivity index (χ1n) is 7.67. The largest absolute Gasteiger partial charge is 0.296 e. The Balaban J connectivity index is 3.17. The predicted octanol–water partition coefficient (Wildman–Crippen LogP) is 1.70. The van der Waals surface area contributed by atoms with Gasteiger partial charge in [-0.3, -0.25) is 10.7 Å². The number of hydrogen-bond donors (Lipinski definition) is 2. The van der Waals surface area contributed by atoms with E-state index >= 15 is 0 Å². The van der Waals surface area contributed by atoms with E-state index in [1.807, 2.05) is 4.68 Å². The second-order valence-corrected chi connectivity index (χ2v) is 5.32. The highest BCUT2D eigenvalue weighted by molar-refractivity contribution is 5.07. The van der Waals surface area contributed by atoms with Gasteiger partial charge in [0.25, 0.3) is 0 Å². The molecule has 1 heterocycles. The zero-order chi connectivity index (χ0) is 15.2. The summed E-state index contributed by atoms with van der Waals surface area (Å²) in [6.07, 6.45) is 3.64. The summed E-state index contributed by atoms with van der Waals surface area (Å²) in [5.41, 5.74) is 2.89. The molecule has 0 saturated carbocycles. The molecule has 20 heavy (non-hydrogen) atoms. The van der Waals surface area contributed by atoms with Gasteiger partial charge >= 0.3 is 0 Å². The van der Waals surface area contributed by atoms with Crippen molar-refractivity contribution in [1.82, 2.24) is 25.1 Å². The smallest absolute Gasteiger partial charge is 0.147 e. The van der Waals surface area contributed by atoms with Crippen LogP contribution in [-0.2, 0) is 6.54 Å². The maximum atomic E-state index is 5.88. The molecule has 3 N–H and O–H groups in total. The number of nitrogens with zero attached hydrogens (tertiary/aromatic N) is 4. The molecule has 0 radical (unpaired) electrons. The fourth-order valence-electron chi connectivity index (χ4n) is 2.97. The maximum absolute atomic E-state index is 5.88. The molecule has 0 aromatic carbocycles. The Morgan fingerprint density at radius 1 is 1.35 bits per heavy atom. The molecule has 0 fully saturated rings. The number of likely N-dealkylation sites (N-methyl/N-ethyl adjacent to an activating group) is 1. The predicted molar refractivity (Wildman–Crippen MR) is 82.0 cm³/mol. The van der Waals surface area contributed by atoms with Crippen LogP contribution in [0, 0.1) is 0 Å². The second-order valence-electron chi connectivity index (χ2n) is 5.32. The number of rotatable bonds is 9. The topological polar surface area (TPSA) is 72.0 Å². The van der Waals surface area contributed by atoms with E-state index in [9.17, 15) is 0 Å². The summed E-state index contributed by atoms with van der Waals surface area (Å²) in [5, 5.41) is 4.33. The third kappa shape index (κ3) is 3.19. The number of aryl methyl sites for hydroxylation is 1. The first-order chi connectivity index (χ1) is 9.58. The molecule has 0 amide bonds. The van der Waals surface area contributed by atoms with Gasteiger partial charge in [0, 0.05) is 12.1 Å². The van der Waals surface area contributed by atoms with Gasteiger partial charge in [-0.25, -0.2) is 15.1 Å². The lowest BCUT2D eigenvalue weighted by molar-refractivity contribution is 0.0646. The summed E-state index contributed by atoms with van der Waals surface area (Å²) in [5.74, 6) is 6.80. The van der Waals surface area contributed by atoms with Gasteiger partial charge in [-0.2, -0.15) is 5.10 Å². The minimum atomic E-state index is -0.0865. The van der Waals surface area contributed by atoms with Crippen LogP contribution in [-0.4, -0.2) is 38.3 Å². The molecule has 1 aromatic rings. The van der Waals surface area contributed by atoms with Gasteiger partial charge in [0.15, 0.2) is 0 Å². The zero-order valence-corrected chi connectivity index (χ0v) is 13.6.